The van der Waals surface area contributed by atoms with E-state index in [1.54, 1.807) is 10.9 Å². The molecule has 0 bridgehead atoms. The van der Waals surface area contributed by atoms with Crippen LogP contribution in [0.1, 0.15) is 29.4 Å². The number of aldehydes is 1. The summed E-state index contributed by atoms with van der Waals surface area (Å²) >= 11 is 0. The van der Waals surface area contributed by atoms with Crippen LogP contribution in [0.25, 0.3) is 0 Å². The van der Waals surface area contributed by atoms with Crippen molar-refractivity contribution in [3.63, 3.8) is 0 Å². The molecule has 1 aromatic rings. The van der Waals surface area contributed by atoms with Gasteiger partial charge in [0.2, 0.25) is 0 Å². The van der Waals surface area contributed by atoms with Crippen LogP contribution >= 0.6 is 0 Å². The van der Waals surface area contributed by atoms with Crippen LogP contribution in [-0.4, -0.2) is 34.4 Å². The van der Waals surface area contributed by atoms with Gasteiger partial charge in [0.05, 0.1) is 12.2 Å². The van der Waals surface area contributed by atoms with Gasteiger partial charge < -0.3 is 5.32 Å². The van der Waals surface area contributed by atoms with Crippen molar-refractivity contribution < 1.29 is 4.79 Å². The molecular formula is C8H12N4O. The summed E-state index contributed by atoms with van der Waals surface area (Å²) in [5, 5.41) is 10.9. The summed E-state index contributed by atoms with van der Waals surface area (Å²) in [6, 6.07) is 0.405. The molecule has 2 rings (SSSR count). The molecular weight excluding hydrogens is 168 g/mol. The largest absolute Gasteiger partial charge is 0.317 e. The molecule has 1 N–H and O–H groups in total. The summed E-state index contributed by atoms with van der Waals surface area (Å²) < 4.78 is 1.80. The van der Waals surface area contributed by atoms with Crippen molar-refractivity contribution in [2.45, 2.75) is 18.9 Å². The predicted octanol–water partition coefficient (Wildman–Crippen LogP) is 0.0151. The van der Waals surface area contributed by atoms with Crippen LogP contribution in [0.4, 0.5) is 0 Å². The van der Waals surface area contributed by atoms with Crippen LogP contribution in [0, 0.1) is 0 Å². The molecule has 0 aliphatic carbocycles. The van der Waals surface area contributed by atoms with Crippen LogP contribution < -0.4 is 5.32 Å². The monoisotopic (exact) mass is 180 g/mol. The second kappa shape index (κ2) is 3.66. The number of hydrogen-bond acceptors (Lipinski definition) is 4. The molecule has 0 amide bonds. The van der Waals surface area contributed by atoms with Crippen molar-refractivity contribution in [2.24, 2.45) is 0 Å². The third-order valence-electron chi connectivity index (χ3n) is 2.33. The highest BCUT2D eigenvalue weighted by atomic mass is 16.1. The first-order chi connectivity index (χ1) is 6.40. The van der Waals surface area contributed by atoms with Gasteiger partial charge in [-0.25, -0.2) is 4.68 Å². The minimum absolute atomic E-state index is 0.405. The lowest BCUT2D eigenvalue weighted by atomic mass is 10.1. The van der Waals surface area contributed by atoms with E-state index in [1.165, 1.54) is 0 Å². The zero-order chi connectivity index (χ0) is 9.10. The lowest BCUT2D eigenvalue weighted by molar-refractivity contribution is 0.111. The highest BCUT2D eigenvalue weighted by Crippen LogP contribution is 2.16. The van der Waals surface area contributed by atoms with Gasteiger partial charge in [-0.2, -0.15) is 0 Å². The lowest BCUT2D eigenvalue weighted by Crippen LogP contribution is -2.29. The van der Waals surface area contributed by atoms with Crippen LogP contribution in [0.3, 0.4) is 0 Å². The quantitative estimate of drug-likeness (QED) is 0.651. The molecule has 0 radical (unpaired) electrons. The molecule has 1 aliphatic heterocycles. The maximum atomic E-state index is 10.4. The molecule has 13 heavy (non-hydrogen) atoms. The lowest BCUT2D eigenvalue weighted by Gasteiger charge is -2.21. The molecule has 1 saturated heterocycles. The van der Waals surface area contributed by atoms with Crippen molar-refractivity contribution in [1.82, 2.24) is 20.3 Å². The Labute approximate surface area is 76.1 Å². The number of rotatable bonds is 2. The first-order valence-electron chi connectivity index (χ1n) is 4.48. The van der Waals surface area contributed by atoms with Crippen LogP contribution in [0.15, 0.2) is 6.20 Å². The van der Waals surface area contributed by atoms with Crippen LogP contribution in [-0.2, 0) is 0 Å². The zero-order valence-electron chi connectivity index (χ0n) is 7.31. The Morgan fingerprint density at radius 3 is 2.92 bits per heavy atom. The fourth-order valence-electron chi connectivity index (χ4n) is 1.59. The van der Waals surface area contributed by atoms with E-state index < -0.39 is 0 Å². The van der Waals surface area contributed by atoms with E-state index in [9.17, 15) is 4.79 Å². The van der Waals surface area contributed by atoms with Gasteiger partial charge in [-0.3, -0.25) is 4.79 Å². The molecule has 0 atom stereocenters. The first-order valence-corrected chi connectivity index (χ1v) is 4.48. The van der Waals surface area contributed by atoms with Gasteiger partial charge >= 0.3 is 0 Å². The minimum atomic E-state index is 0.405. The van der Waals surface area contributed by atoms with E-state index in [0.717, 1.165) is 32.2 Å². The van der Waals surface area contributed by atoms with Gasteiger partial charge in [-0.1, -0.05) is 5.21 Å². The zero-order valence-corrected chi connectivity index (χ0v) is 7.31. The van der Waals surface area contributed by atoms with E-state index >= 15 is 0 Å². The molecule has 70 valence electrons. The van der Waals surface area contributed by atoms with E-state index in [1.807, 2.05) is 0 Å². The van der Waals surface area contributed by atoms with E-state index in [-0.39, 0.29) is 0 Å². The van der Waals surface area contributed by atoms with Gasteiger partial charge in [-0.05, 0) is 25.9 Å². The molecule has 1 fully saturated rings. The summed E-state index contributed by atoms with van der Waals surface area (Å²) in [6.45, 7) is 2.03. The summed E-state index contributed by atoms with van der Waals surface area (Å²) in [4.78, 5) is 10.4. The van der Waals surface area contributed by atoms with Crippen molar-refractivity contribution in [2.75, 3.05) is 13.1 Å². The second-order valence-electron chi connectivity index (χ2n) is 3.22. The number of carbonyl (C=O) groups excluding carboxylic acids is 1. The van der Waals surface area contributed by atoms with Gasteiger partial charge in [0.25, 0.3) is 0 Å². The van der Waals surface area contributed by atoms with Crippen molar-refractivity contribution in [1.29, 1.82) is 0 Å². The van der Waals surface area contributed by atoms with Crippen molar-refractivity contribution in [3.05, 3.63) is 11.9 Å². The summed E-state index contributed by atoms with van der Waals surface area (Å²) in [5.41, 5.74) is 0.415. The highest BCUT2D eigenvalue weighted by Gasteiger charge is 2.15. The average molecular weight is 180 g/mol. The van der Waals surface area contributed by atoms with Crippen LogP contribution in [0.5, 0.6) is 0 Å². The van der Waals surface area contributed by atoms with Gasteiger partial charge in [0.1, 0.15) is 5.69 Å². The maximum Gasteiger partial charge on any atom is 0.171 e. The first kappa shape index (κ1) is 8.37. The number of carbonyl (C=O) groups is 1. The van der Waals surface area contributed by atoms with E-state index in [4.69, 9.17) is 0 Å². The smallest absolute Gasteiger partial charge is 0.171 e. The molecule has 0 aromatic carbocycles. The Morgan fingerprint density at radius 2 is 2.31 bits per heavy atom. The number of nitrogens with one attached hydrogen (secondary N) is 1. The third-order valence-corrected chi connectivity index (χ3v) is 2.33. The van der Waals surface area contributed by atoms with E-state index in [0.29, 0.717) is 11.7 Å². The van der Waals surface area contributed by atoms with Crippen LogP contribution in [0.2, 0.25) is 0 Å². The predicted molar refractivity (Wildman–Crippen MR) is 46.6 cm³/mol. The molecule has 5 heteroatoms. The Kier molecular flexibility index (Phi) is 2.35. The summed E-state index contributed by atoms with van der Waals surface area (Å²) in [5.74, 6) is 0. The molecule has 0 unspecified atom stereocenters. The summed E-state index contributed by atoms with van der Waals surface area (Å²) in [6.07, 6.45) is 4.55. The second-order valence-corrected chi connectivity index (χ2v) is 3.22. The maximum absolute atomic E-state index is 10.4. The molecule has 0 spiro atoms. The fraction of sp³-hybridized carbons (Fsp3) is 0.625. The molecule has 1 aliphatic rings. The SMILES string of the molecule is O=Cc1cn(C2CCNCC2)nn1. The minimum Gasteiger partial charge on any atom is -0.317 e. The average Bonchev–Trinajstić information content (AvgIpc) is 2.67. The normalized spacial score (nSPS) is 18.8. The molecule has 1 aromatic heterocycles. The highest BCUT2D eigenvalue weighted by molar-refractivity contribution is 5.70. The van der Waals surface area contributed by atoms with Gasteiger partial charge in [0.15, 0.2) is 6.29 Å². The topological polar surface area (TPSA) is 59.8 Å². The molecule has 2 heterocycles. The standard InChI is InChI=1S/C8H12N4O/c13-6-7-5-12(11-10-7)8-1-3-9-4-2-8/h5-6,8-9H,1-4H2. The molecule has 5 nitrogen and oxygen atoms in total. The number of nitrogens with zero attached hydrogens (tertiary/aromatic N) is 3. The van der Waals surface area contributed by atoms with Crippen molar-refractivity contribution >= 4 is 6.29 Å². The third kappa shape index (κ3) is 1.75. The number of aromatic nitrogens is 3. The number of piperidine rings is 1. The van der Waals surface area contributed by atoms with E-state index in [2.05, 4.69) is 15.6 Å². The Balaban J connectivity index is 2.09. The Bertz CT molecular complexity index is 290. The van der Waals surface area contributed by atoms with Crippen molar-refractivity contribution in [3.8, 4) is 0 Å². The number of hydrogen-bond donors (Lipinski definition) is 1. The van der Waals surface area contributed by atoms with Gasteiger partial charge in [-0.15, -0.1) is 5.10 Å². The molecule has 0 saturated carbocycles. The Hall–Kier alpha value is -1.23. The summed E-state index contributed by atoms with van der Waals surface area (Å²) in [7, 11) is 0. The Morgan fingerprint density at radius 1 is 1.54 bits per heavy atom. The fourth-order valence-corrected chi connectivity index (χ4v) is 1.59. The van der Waals surface area contributed by atoms with Gasteiger partial charge in [0, 0.05) is 0 Å².